The van der Waals surface area contributed by atoms with Crippen molar-refractivity contribution in [2.24, 2.45) is 0 Å². The van der Waals surface area contributed by atoms with Crippen LogP contribution in [-0.2, 0) is 0 Å². The van der Waals surface area contributed by atoms with Gasteiger partial charge in [0.1, 0.15) is 0 Å². The van der Waals surface area contributed by atoms with E-state index in [1.807, 2.05) is 0 Å². The van der Waals surface area contributed by atoms with Gasteiger partial charge in [0.25, 0.3) is 0 Å². The van der Waals surface area contributed by atoms with Gasteiger partial charge in [0, 0.05) is 0 Å². The molecule has 0 aromatic rings. The summed E-state index contributed by atoms with van der Waals surface area (Å²) in [5.41, 5.74) is 0. The van der Waals surface area contributed by atoms with Gasteiger partial charge in [-0.2, -0.15) is 0 Å². The topological polar surface area (TPSA) is 57.5 Å². The summed E-state index contributed by atoms with van der Waals surface area (Å²) in [5.74, 6) is 0. The minimum absolute atomic E-state index is 0. The second-order valence-electron chi connectivity index (χ2n) is 0.283. The molecule has 0 spiro atoms. The molecule has 2 N–H and O–H groups in total. The van der Waals surface area contributed by atoms with Gasteiger partial charge in [0.15, 0.2) is 0 Å². The number of hydrogen-bond donors (Lipinski definition) is 2. The average Bonchev–Trinajstić information content (AvgIpc) is 0.811. The zero-order valence-corrected chi connectivity index (χ0v) is 14.2. The van der Waals surface area contributed by atoms with E-state index in [1.165, 1.54) is 0 Å². The molecule has 0 aromatic carbocycles. The van der Waals surface area contributed by atoms with Crippen LogP contribution in [0, 0.1) is 0 Å². The fourth-order valence-electron chi connectivity index (χ4n) is 0. The monoisotopic (exact) mass is 486 g/mol. The third kappa shape index (κ3) is 76.4. The van der Waals surface area contributed by atoms with Gasteiger partial charge in [-0.3, -0.25) is 0 Å². The van der Waals surface area contributed by atoms with Crippen LogP contribution in [0.2, 0.25) is 0 Å². The Morgan fingerprint density at radius 3 is 1.17 bits per heavy atom. The molecule has 0 saturated carbocycles. The van der Waals surface area contributed by atoms with Crippen molar-refractivity contribution in [1.29, 1.82) is 0 Å². The molecule has 0 atom stereocenters. The Bertz CT molecular complexity index is 31.8. The summed E-state index contributed by atoms with van der Waals surface area (Å²) in [4.78, 5) is 8.56. The minimum atomic E-state index is -1.83. The van der Waals surface area contributed by atoms with Crippen LogP contribution in [0.25, 0.3) is 0 Å². The van der Waals surface area contributed by atoms with Crippen molar-refractivity contribution in [3.8, 4) is 0 Å². The Hall–Kier alpha value is 1.04. The molecule has 0 rings (SSSR count). The average molecular weight is 486 g/mol. The van der Waals surface area contributed by atoms with Crippen molar-refractivity contribution in [1.82, 2.24) is 0 Å². The van der Waals surface area contributed by atoms with Crippen molar-refractivity contribution in [3.05, 3.63) is 0 Å². The van der Waals surface area contributed by atoms with Crippen molar-refractivity contribution >= 4 is 58.6 Å². The van der Waals surface area contributed by atoms with Crippen LogP contribution in [0.1, 0.15) is 0 Å². The van der Waals surface area contributed by atoms with E-state index in [0.717, 1.165) is 0 Å². The first kappa shape index (κ1) is 15.7. The molecular formula is CH8Bi2O3. The predicted molar refractivity (Wildman–Crippen MR) is 30.5 cm³/mol. The Kier molecular flexibility index (Phi) is 24.6. The quantitative estimate of drug-likeness (QED) is 0.385. The number of rotatable bonds is 0. The van der Waals surface area contributed by atoms with Gasteiger partial charge in [-0.05, 0) is 0 Å². The van der Waals surface area contributed by atoms with E-state index >= 15 is 0 Å². The first-order valence-corrected chi connectivity index (χ1v) is 0.651. The Morgan fingerprint density at radius 2 is 1.17 bits per heavy atom. The van der Waals surface area contributed by atoms with Gasteiger partial charge in [0.2, 0.25) is 0 Å². The molecular weight excluding hydrogens is 478 g/mol. The van der Waals surface area contributed by atoms with Gasteiger partial charge < -0.3 is 10.2 Å². The van der Waals surface area contributed by atoms with Gasteiger partial charge in [0.05, 0.1) is 0 Å². The molecule has 6 heavy (non-hydrogen) atoms. The van der Waals surface area contributed by atoms with Crippen LogP contribution < -0.4 is 0 Å². The predicted octanol–water partition coefficient (Wildman–Crippen LogP) is -2.15. The molecule has 0 aliphatic carbocycles. The van der Waals surface area contributed by atoms with Crippen LogP contribution in [0.15, 0.2) is 0 Å². The van der Waals surface area contributed by atoms with Crippen molar-refractivity contribution in [2.75, 3.05) is 0 Å². The van der Waals surface area contributed by atoms with E-state index in [-0.39, 0.29) is 52.4 Å². The molecule has 0 aromatic heterocycles. The summed E-state index contributed by atoms with van der Waals surface area (Å²) in [6.07, 6.45) is -1.83. The summed E-state index contributed by atoms with van der Waals surface area (Å²) < 4.78 is 0. The fraction of sp³-hybridized carbons (Fsp3) is 0. The third-order valence-electron chi connectivity index (χ3n) is 0. The summed E-state index contributed by atoms with van der Waals surface area (Å²) >= 11 is 0. The van der Waals surface area contributed by atoms with Crippen LogP contribution in [-0.4, -0.2) is 68.8 Å². The maximum absolute atomic E-state index is 8.56. The molecule has 0 unspecified atom stereocenters. The molecule has 0 aliphatic rings. The van der Waals surface area contributed by atoms with Gasteiger partial charge >= 0.3 is 58.6 Å². The molecule has 5 heteroatoms. The number of carboxylic acid groups (broad SMARTS) is 2. The zero-order valence-electron chi connectivity index (χ0n) is 3.22. The number of carbonyl (C=O) groups is 1. The van der Waals surface area contributed by atoms with E-state index in [9.17, 15) is 0 Å². The van der Waals surface area contributed by atoms with Crippen LogP contribution in [0.3, 0.4) is 0 Å². The van der Waals surface area contributed by atoms with Crippen molar-refractivity contribution < 1.29 is 15.0 Å². The first-order chi connectivity index (χ1) is 1.73. The van der Waals surface area contributed by atoms with Crippen LogP contribution >= 0.6 is 0 Å². The van der Waals surface area contributed by atoms with Gasteiger partial charge in [-0.1, -0.05) is 0 Å². The van der Waals surface area contributed by atoms with Gasteiger partial charge in [-0.25, -0.2) is 4.79 Å². The maximum atomic E-state index is 8.56. The van der Waals surface area contributed by atoms with E-state index in [1.54, 1.807) is 0 Å². The third-order valence-corrected chi connectivity index (χ3v) is 0. The molecule has 0 bridgehead atoms. The Morgan fingerprint density at radius 1 is 1.17 bits per heavy atom. The second-order valence-corrected chi connectivity index (χ2v) is 0.283. The molecule has 0 aliphatic heterocycles. The van der Waals surface area contributed by atoms with Crippen molar-refractivity contribution in [2.45, 2.75) is 0 Å². The van der Waals surface area contributed by atoms with Gasteiger partial charge in [-0.15, -0.1) is 0 Å². The summed E-state index contributed by atoms with van der Waals surface area (Å²) in [6, 6.07) is 0. The normalized spacial score (nSPS) is 4.00. The zero-order chi connectivity index (χ0) is 3.58. The van der Waals surface area contributed by atoms with Crippen molar-refractivity contribution in [3.63, 3.8) is 0 Å². The molecule has 0 fully saturated rings. The molecule has 0 heterocycles. The van der Waals surface area contributed by atoms with Crippen LogP contribution in [0.5, 0.6) is 0 Å². The fourth-order valence-corrected chi connectivity index (χ4v) is 0. The number of hydrogen-bond acceptors (Lipinski definition) is 1. The summed E-state index contributed by atoms with van der Waals surface area (Å²) in [7, 11) is 0. The van der Waals surface area contributed by atoms with Crippen LogP contribution in [0.4, 0.5) is 4.79 Å². The molecule has 40 valence electrons. The Labute approximate surface area is 73.0 Å². The van der Waals surface area contributed by atoms with E-state index in [0.29, 0.717) is 0 Å². The SMILES string of the molecule is O=C(O)O.[BiH3].[BiH3]. The van der Waals surface area contributed by atoms with E-state index < -0.39 is 6.16 Å². The second kappa shape index (κ2) is 9.40. The summed E-state index contributed by atoms with van der Waals surface area (Å²) in [6.45, 7) is 0. The summed E-state index contributed by atoms with van der Waals surface area (Å²) in [5, 5.41) is 13.9. The molecule has 3 nitrogen and oxygen atoms in total. The Balaban J connectivity index is -0.0000000450. The molecule has 0 amide bonds. The standard InChI is InChI=1S/CH2O3.2Bi.6H/c2-1(3)4;;;;;;;;/h(H2,2,3,4);;;;;;;;. The van der Waals surface area contributed by atoms with E-state index in [4.69, 9.17) is 15.0 Å². The molecule has 0 radical (unpaired) electrons. The van der Waals surface area contributed by atoms with E-state index in [2.05, 4.69) is 0 Å². The first-order valence-electron chi connectivity index (χ1n) is 0.651. The molecule has 0 saturated heterocycles.